The Morgan fingerprint density at radius 1 is 1.33 bits per heavy atom. The number of rotatable bonds is 7. The van der Waals surface area contributed by atoms with Crippen LogP contribution in [0.1, 0.15) is 10.5 Å². The minimum absolute atomic E-state index is 0.145. The number of hydrogen-bond acceptors (Lipinski definition) is 4. The first kappa shape index (κ1) is 14.9. The van der Waals surface area contributed by atoms with E-state index in [1.165, 1.54) is 0 Å². The summed E-state index contributed by atoms with van der Waals surface area (Å²) in [5.41, 5.74) is 1.26. The average Bonchev–Trinajstić information content (AvgIpc) is 2.89. The van der Waals surface area contributed by atoms with Crippen molar-refractivity contribution in [1.29, 1.82) is 0 Å². The molecule has 0 fully saturated rings. The van der Waals surface area contributed by atoms with Crippen LogP contribution >= 0.6 is 0 Å². The molecular weight excluding hydrogens is 276 g/mol. The molecule has 1 amide bonds. The molecule has 3 N–H and O–H groups in total. The minimum atomic E-state index is -1.04. The van der Waals surface area contributed by atoms with Gasteiger partial charge in [0, 0.05) is 17.4 Å². The molecule has 0 saturated carbocycles. The first-order valence-corrected chi connectivity index (χ1v) is 6.34. The van der Waals surface area contributed by atoms with Crippen molar-refractivity contribution < 1.29 is 24.2 Å². The summed E-state index contributed by atoms with van der Waals surface area (Å²) < 4.78 is 9.95. The second kappa shape index (κ2) is 6.76. The third-order valence-electron chi connectivity index (χ3n) is 2.83. The second-order valence-electron chi connectivity index (χ2n) is 4.34. The van der Waals surface area contributed by atoms with Crippen LogP contribution in [0.5, 0.6) is 5.75 Å². The zero-order valence-electron chi connectivity index (χ0n) is 11.5. The first-order valence-electron chi connectivity index (χ1n) is 6.34. The first-order chi connectivity index (χ1) is 10.1. The molecule has 7 heteroatoms. The maximum Gasteiger partial charge on any atom is 0.329 e. The average molecular weight is 292 g/mol. The predicted octanol–water partition coefficient (Wildman–Crippen LogP) is 1.01. The van der Waals surface area contributed by atoms with Crippen molar-refractivity contribution in [2.45, 2.75) is 0 Å². The molecule has 7 nitrogen and oxygen atoms in total. The predicted molar refractivity (Wildman–Crippen MR) is 75.6 cm³/mol. The molecular formula is C14H16N2O5. The lowest BCUT2D eigenvalue weighted by Gasteiger charge is -2.03. The molecule has 0 atom stereocenters. The lowest BCUT2D eigenvalue weighted by molar-refractivity contribution is -0.142. The van der Waals surface area contributed by atoms with E-state index in [2.05, 4.69) is 10.3 Å². The van der Waals surface area contributed by atoms with Crippen LogP contribution in [-0.4, -0.2) is 48.8 Å². The fourth-order valence-corrected chi connectivity index (χ4v) is 1.85. The van der Waals surface area contributed by atoms with E-state index in [0.717, 1.165) is 16.7 Å². The number of aliphatic carboxylic acids is 1. The SMILES string of the molecule is COc1ccc2[nH]c(C(=O)NCCOCC(=O)O)cc2c1. The van der Waals surface area contributed by atoms with Gasteiger partial charge in [-0.15, -0.1) is 0 Å². The molecule has 2 aromatic rings. The molecule has 1 heterocycles. The normalized spacial score (nSPS) is 10.5. The quantitative estimate of drug-likeness (QED) is 0.661. The summed E-state index contributed by atoms with van der Waals surface area (Å²) in [4.78, 5) is 25.2. The summed E-state index contributed by atoms with van der Waals surface area (Å²) in [6.07, 6.45) is 0. The van der Waals surface area contributed by atoms with Crippen LogP contribution in [0.4, 0.5) is 0 Å². The maximum atomic E-state index is 11.9. The van der Waals surface area contributed by atoms with Crippen LogP contribution in [-0.2, 0) is 9.53 Å². The van der Waals surface area contributed by atoms with Gasteiger partial charge in [0.1, 0.15) is 18.1 Å². The molecule has 0 bridgehead atoms. The van der Waals surface area contributed by atoms with E-state index in [-0.39, 0.29) is 25.7 Å². The molecule has 0 spiro atoms. The van der Waals surface area contributed by atoms with Gasteiger partial charge in [0.2, 0.25) is 0 Å². The lowest BCUT2D eigenvalue weighted by atomic mass is 10.2. The van der Waals surface area contributed by atoms with Crippen LogP contribution in [0, 0.1) is 0 Å². The molecule has 112 valence electrons. The number of amides is 1. The number of aromatic amines is 1. The number of carbonyl (C=O) groups is 2. The Morgan fingerprint density at radius 2 is 2.14 bits per heavy atom. The number of H-pyrrole nitrogens is 1. The van der Waals surface area contributed by atoms with Gasteiger partial charge in [-0.25, -0.2) is 4.79 Å². The summed E-state index contributed by atoms with van der Waals surface area (Å²) in [5.74, 6) is -0.592. The smallest absolute Gasteiger partial charge is 0.329 e. The van der Waals surface area contributed by atoms with Crippen molar-refractivity contribution in [3.05, 3.63) is 30.0 Å². The van der Waals surface area contributed by atoms with Crippen molar-refractivity contribution in [2.24, 2.45) is 0 Å². The number of ether oxygens (including phenoxy) is 2. The number of carbonyl (C=O) groups excluding carboxylic acids is 1. The fourth-order valence-electron chi connectivity index (χ4n) is 1.85. The Kier molecular flexibility index (Phi) is 4.78. The van der Waals surface area contributed by atoms with Crippen molar-refractivity contribution in [2.75, 3.05) is 26.9 Å². The summed E-state index contributed by atoms with van der Waals surface area (Å²) in [6.45, 7) is 0.0128. The lowest BCUT2D eigenvalue weighted by Crippen LogP contribution is -2.28. The number of methoxy groups -OCH3 is 1. The minimum Gasteiger partial charge on any atom is -0.497 e. The van der Waals surface area contributed by atoms with E-state index in [1.807, 2.05) is 12.1 Å². The molecule has 2 rings (SSSR count). The zero-order valence-corrected chi connectivity index (χ0v) is 11.5. The summed E-state index contributed by atoms with van der Waals surface area (Å²) >= 11 is 0. The van der Waals surface area contributed by atoms with Gasteiger partial charge in [0.25, 0.3) is 5.91 Å². The topological polar surface area (TPSA) is 101 Å². The van der Waals surface area contributed by atoms with Crippen LogP contribution in [0.3, 0.4) is 0 Å². The third kappa shape index (κ3) is 3.96. The van der Waals surface area contributed by atoms with Gasteiger partial charge in [-0.2, -0.15) is 0 Å². The monoisotopic (exact) mass is 292 g/mol. The largest absolute Gasteiger partial charge is 0.497 e. The van der Waals surface area contributed by atoms with Crippen LogP contribution in [0.25, 0.3) is 10.9 Å². The maximum absolute atomic E-state index is 11.9. The van der Waals surface area contributed by atoms with E-state index in [0.29, 0.717) is 5.69 Å². The summed E-state index contributed by atoms with van der Waals surface area (Å²) in [7, 11) is 1.58. The Morgan fingerprint density at radius 3 is 2.86 bits per heavy atom. The molecule has 0 aliphatic carbocycles. The van der Waals surface area contributed by atoms with Crippen molar-refractivity contribution in [3.63, 3.8) is 0 Å². The Balaban J connectivity index is 1.91. The van der Waals surface area contributed by atoms with Crippen molar-refractivity contribution in [3.8, 4) is 5.75 Å². The number of carboxylic acids is 1. The van der Waals surface area contributed by atoms with Crippen molar-refractivity contribution >= 4 is 22.8 Å². The Labute approximate surface area is 120 Å². The van der Waals surface area contributed by atoms with Gasteiger partial charge in [0.05, 0.1) is 13.7 Å². The second-order valence-corrected chi connectivity index (χ2v) is 4.34. The third-order valence-corrected chi connectivity index (χ3v) is 2.83. The van der Waals surface area contributed by atoms with E-state index in [1.54, 1.807) is 19.2 Å². The summed E-state index contributed by atoms with van der Waals surface area (Å²) in [6, 6.07) is 7.20. The molecule has 1 aromatic carbocycles. The fraction of sp³-hybridized carbons (Fsp3) is 0.286. The number of aromatic nitrogens is 1. The Bertz CT molecular complexity index is 650. The van der Waals surface area contributed by atoms with Crippen LogP contribution in [0.2, 0.25) is 0 Å². The molecule has 0 saturated heterocycles. The van der Waals surface area contributed by atoms with Crippen molar-refractivity contribution in [1.82, 2.24) is 10.3 Å². The zero-order chi connectivity index (χ0) is 15.2. The van der Waals surface area contributed by atoms with E-state index in [9.17, 15) is 9.59 Å². The number of hydrogen-bond donors (Lipinski definition) is 3. The molecule has 0 aliphatic heterocycles. The highest BCUT2D eigenvalue weighted by atomic mass is 16.5. The van der Waals surface area contributed by atoms with Gasteiger partial charge in [0.15, 0.2) is 0 Å². The summed E-state index contributed by atoms with van der Waals surface area (Å²) in [5, 5.41) is 11.9. The molecule has 0 radical (unpaired) electrons. The van der Waals surface area contributed by atoms with Crippen LogP contribution in [0.15, 0.2) is 24.3 Å². The number of carboxylic acid groups (broad SMARTS) is 1. The van der Waals surface area contributed by atoms with Gasteiger partial charge >= 0.3 is 5.97 Å². The highest BCUT2D eigenvalue weighted by Gasteiger charge is 2.09. The highest BCUT2D eigenvalue weighted by molar-refractivity contribution is 5.98. The molecule has 0 unspecified atom stereocenters. The van der Waals surface area contributed by atoms with E-state index >= 15 is 0 Å². The number of fused-ring (bicyclic) bond motifs is 1. The van der Waals surface area contributed by atoms with Gasteiger partial charge in [-0.3, -0.25) is 4.79 Å². The number of benzene rings is 1. The van der Waals surface area contributed by atoms with Gasteiger partial charge < -0.3 is 24.9 Å². The van der Waals surface area contributed by atoms with Crippen LogP contribution < -0.4 is 10.1 Å². The van der Waals surface area contributed by atoms with Gasteiger partial charge in [-0.05, 0) is 24.3 Å². The molecule has 21 heavy (non-hydrogen) atoms. The van der Waals surface area contributed by atoms with E-state index in [4.69, 9.17) is 14.6 Å². The number of nitrogens with one attached hydrogen (secondary N) is 2. The van der Waals surface area contributed by atoms with Gasteiger partial charge in [-0.1, -0.05) is 0 Å². The molecule has 0 aliphatic rings. The molecule has 1 aromatic heterocycles. The highest BCUT2D eigenvalue weighted by Crippen LogP contribution is 2.21. The Hall–Kier alpha value is -2.54. The van der Waals surface area contributed by atoms with E-state index < -0.39 is 5.97 Å². The standard InChI is InChI=1S/C14H16N2O5/c1-20-10-2-3-11-9(6-10)7-12(16-11)14(19)15-4-5-21-8-13(17)18/h2-3,6-7,16H,4-5,8H2,1H3,(H,15,19)(H,17,18).